The molecule has 172 valence electrons. The van der Waals surface area contributed by atoms with Gasteiger partial charge in [-0.05, 0) is 41.1 Å². The van der Waals surface area contributed by atoms with Crippen LogP contribution in [0.1, 0.15) is 25.0 Å². The standard InChI is InChI=1S/C33H24N2O/c1-33(2)26-15-6-8-17-29(26)36-30-19-18-22(20-27(30)33)32-34-28-16-7-5-13-25(28)31(35-32)24-14-9-11-21-10-3-4-12-23(21)24/h3-20H,1-2H3. The molecule has 0 unspecified atom stereocenters. The van der Waals surface area contributed by atoms with Crippen LogP contribution in [0, 0.1) is 0 Å². The van der Waals surface area contributed by atoms with Crippen LogP contribution in [0.15, 0.2) is 109 Å². The maximum absolute atomic E-state index is 6.27. The van der Waals surface area contributed by atoms with Crippen molar-refractivity contribution < 1.29 is 4.74 Å². The summed E-state index contributed by atoms with van der Waals surface area (Å²) in [5.74, 6) is 2.52. The molecule has 0 amide bonds. The summed E-state index contributed by atoms with van der Waals surface area (Å²) in [4.78, 5) is 10.2. The van der Waals surface area contributed by atoms with Crippen LogP contribution in [0.5, 0.6) is 11.5 Å². The zero-order valence-electron chi connectivity index (χ0n) is 20.2. The van der Waals surface area contributed by atoms with Gasteiger partial charge in [0.15, 0.2) is 5.82 Å². The van der Waals surface area contributed by atoms with E-state index >= 15 is 0 Å². The Labute approximate surface area is 210 Å². The van der Waals surface area contributed by atoms with Crippen LogP contribution in [0.2, 0.25) is 0 Å². The van der Waals surface area contributed by atoms with E-state index in [0.717, 1.165) is 44.8 Å². The summed E-state index contributed by atoms with van der Waals surface area (Å²) in [6, 6.07) is 37.7. The smallest absolute Gasteiger partial charge is 0.160 e. The molecule has 0 saturated carbocycles. The molecule has 0 spiro atoms. The highest BCUT2D eigenvalue weighted by atomic mass is 16.5. The molecule has 0 aliphatic carbocycles. The average molecular weight is 465 g/mol. The lowest BCUT2D eigenvalue weighted by Crippen LogP contribution is -2.24. The molecule has 0 radical (unpaired) electrons. The summed E-state index contributed by atoms with van der Waals surface area (Å²) in [5.41, 5.74) is 6.11. The maximum atomic E-state index is 6.27. The predicted molar refractivity (Wildman–Crippen MR) is 147 cm³/mol. The Kier molecular flexibility index (Phi) is 4.49. The van der Waals surface area contributed by atoms with Gasteiger partial charge in [-0.25, -0.2) is 9.97 Å². The van der Waals surface area contributed by atoms with Gasteiger partial charge in [0.2, 0.25) is 0 Å². The second-order valence-electron chi connectivity index (χ2n) is 9.87. The first-order chi connectivity index (χ1) is 17.6. The minimum absolute atomic E-state index is 0.199. The number of para-hydroxylation sites is 2. The molecular weight excluding hydrogens is 440 g/mol. The minimum Gasteiger partial charge on any atom is -0.457 e. The van der Waals surface area contributed by atoms with Gasteiger partial charge in [-0.15, -0.1) is 0 Å². The van der Waals surface area contributed by atoms with Crippen LogP contribution in [0.4, 0.5) is 0 Å². The molecule has 5 aromatic carbocycles. The van der Waals surface area contributed by atoms with Gasteiger partial charge in [0, 0.05) is 33.1 Å². The third-order valence-corrected chi connectivity index (χ3v) is 7.34. The SMILES string of the molecule is CC1(C)c2ccccc2Oc2ccc(-c3nc(-c4cccc5ccccc45)c4ccccc4n3)cc21. The number of fused-ring (bicyclic) bond motifs is 4. The number of benzene rings is 5. The van der Waals surface area contributed by atoms with Gasteiger partial charge in [-0.2, -0.15) is 0 Å². The van der Waals surface area contributed by atoms with E-state index in [1.165, 1.54) is 16.3 Å². The number of ether oxygens (including phenoxy) is 1. The van der Waals surface area contributed by atoms with Gasteiger partial charge in [0.05, 0.1) is 11.2 Å². The minimum atomic E-state index is -0.199. The third kappa shape index (κ3) is 3.13. The number of aromatic nitrogens is 2. The first-order valence-corrected chi connectivity index (χ1v) is 12.3. The molecule has 6 aromatic rings. The molecule has 0 saturated heterocycles. The fourth-order valence-electron chi connectivity index (χ4n) is 5.42. The molecule has 0 fully saturated rings. The number of hydrogen-bond acceptors (Lipinski definition) is 3. The average Bonchev–Trinajstić information content (AvgIpc) is 2.92. The van der Waals surface area contributed by atoms with Gasteiger partial charge in [0.1, 0.15) is 11.5 Å². The molecule has 0 N–H and O–H groups in total. The van der Waals surface area contributed by atoms with Gasteiger partial charge >= 0.3 is 0 Å². The molecule has 0 bridgehead atoms. The van der Waals surface area contributed by atoms with Crippen LogP contribution in [-0.4, -0.2) is 9.97 Å². The molecule has 1 aromatic heterocycles. The highest BCUT2D eigenvalue weighted by Crippen LogP contribution is 2.48. The first kappa shape index (κ1) is 20.8. The maximum Gasteiger partial charge on any atom is 0.160 e. The van der Waals surface area contributed by atoms with Crippen molar-refractivity contribution >= 4 is 21.7 Å². The first-order valence-electron chi connectivity index (χ1n) is 12.3. The topological polar surface area (TPSA) is 35.0 Å². The van der Waals surface area contributed by atoms with Gasteiger partial charge in [0.25, 0.3) is 0 Å². The summed E-state index contributed by atoms with van der Waals surface area (Å²) in [7, 11) is 0. The zero-order valence-corrected chi connectivity index (χ0v) is 20.2. The number of nitrogens with zero attached hydrogens (tertiary/aromatic N) is 2. The zero-order chi connectivity index (χ0) is 24.3. The fraction of sp³-hybridized carbons (Fsp3) is 0.0909. The molecule has 0 atom stereocenters. The van der Waals surface area contributed by atoms with E-state index in [0.29, 0.717) is 5.82 Å². The second-order valence-corrected chi connectivity index (χ2v) is 9.87. The Morgan fingerprint density at radius 3 is 2.25 bits per heavy atom. The summed E-state index contributed by atoms with van der Waals surface area (Å²) in [6.45, 7) is 4.50. The normalized spacial score (nSPS) is 13.7. The summed E-state index contributed by atoms with van der Waals surface area (Å²) >= 11 is 0. The quantitative estimate of drug-likeness (QED) is 0.257. The Hall–Kier alpha value is -4.50. The van der Waals surface area contributed by atoms with Crippen molar-refractivity contribution in [2.24, 2.45) is 0 Å². The third-order valence-electron chi connectivity index (χ3n) is 7.34. The Balaban J connectivity index is 1.45. The van der Waals surface area contributed by atoms with E-state index in [4.69, 9.17) is 14.7 Å². The highest BCUT2D eigenvalue weighted by Gasteiger charge is 2.34. The van der Waals surface area contributed by atoms with Crippen molar-refractivity contribution in [2.45, 2.75) is 19.3 Å². The summed E-state index contributed by atoms with van der Waals surface area (Å²) < 4.78 is 6.27. The lowest BCUT2D eigenvalue weighted by atomic mass is 9.75. The molecular formula is C33H24N2O. The lowest BCUT2D eigenvalue weighted by Gasteiger charge is -2.34. The number of rotatable bonds is 2. The van der Waals surface area contributed by atoms with E-state index in [2.05, 4.69) is 105 Å². The van der Waals surface area contributed by atoms with Crippen LogP contribution >= 0.6 is 0 Å². The van der Waals surface area contributed by atoms with Crippen LogP contribution in [-0.2, 0) is 5.41 Å². The van der Waals surface area contributed by atoms with Crippen molar-refractivity contribution in [3.05, 3.63) is 120 Å². The van der Waals surface area contributed by atoms with Gasteiger partial charge in [-0.1, -0.05) is 92.7 Å². The van der Waals surface area contributed by atoms with Crippen molar-refractivity contribution in [2.75, 3.05) is 0 Å². The van der Waals surface area contributed by atoms with Crippen molar-refractivity contribution in [1.29, 1.82) is 0 Å². The fourth-order valence-corrected chi connectivity index (χ4v) is 5.42. The van der Waals surface area contributed by atoms with E-state index in [-0.39, 0.29) is 5.41 Å². The Morgan fingerprint density at radius 1 is 0.611 bits per heavy atom. The molecule has 3 heteroatoms. The lowest BCUT2D eigenvalue weighted by molar-refractivity contribution is 0.418. The molecule has 7 rings (SSSR count). The van der Waals surface area contributed by atoms with E-state index < -0.39 is 0 Å². The van der Waals surface area contributed by atoms with Crippen LogP contribution in [0.3, 0.4) is 0 Å². The summed E-state index contributed by atoms with van der Waals surface area (Å²) in [5, 5.41) is 3.44. The van der Waals surface area contributed by atoms with E-state index in [9.17, 15) is 0 Å². The van der Waals surface area contributed by atoms with Crippen molar-refractivity contribution in [1.82, 2.24) is 9.97 Å². The number of hydrogen-bond donors (Lipinski definition) is 0. The second kappa shape index (κ2) is 7.76. The molecule has 1 aliphatic rings. The van der Waals surface area contributed by atoms with Gasteiger partial charge < -0.3 is 4.74 Å². The van der Waals surface area contributed by atoms with Gasteiger partial charge in [-0.3, -0.25) is 0 Å². The predicted octanol–water partition coefficient (Wildman–Crippen LogP) is 8.55. The molecule has 36 heavy (non-hydrogen) atoms. The molecule has 1 aliphatic heterocycles. The van der Waals surface area contributed by atoms with Crippen molar-refractivity contribution in [3.63, 3.8) is 0 Å². The largest absolute Gasteiger partial charge is 0.457 e. The van der Waals surface area contributed by atoms with Crippen molar-refractivity contribution in [3.8, 4) is 34.1 Å². The molecule has 3 nitrogen and oxygen atoms in total. The van der Waals surface area contributed by atoms with E-state index in [1.54, 1.807) is 0 Å². The molecule has 2 heterocycles. The summed E-state index contributed by atoms with van der Waals surface area (Å²) in [6.07, 6.45) is 0. The Bertz CT molecular complexity index is 1800. The van der Waals surface area contributed by atoms with E-state index in [1.807, 2.05) is 18.2 Å². The highest BCUT2D eigenvalue weighted by molar-refractivity contribution is 6.03. The van der Waals surface area contributed by atoms with Crippen LogP contribution < -0.4 is 4.74 Å². The van der Waals surface area contributed by atoms with Crippen LogP contribution in [0.25, 0.3) is 44.3 Å². The monoisotopic (exact) mass is 464 g/mol. The Morgan fingerprint density at radius 2 is 1.33 bits per heavy atom.